The lowest BCUT2D eigenvalue weighted by Crippen LogP contribution is -2.04. The van der Waals surface area contributed by atoms with E-state index in [-0.39, 0.29) is 17.7 Å². The van der Waals surface area contributed by atoms with Crippen LogP contribution in [0.1, 0.15) is 23.3 Å². The highest BCUT2D eigenvalue weighted by Gasteiger charge is 2.16. The standard InChI is InChI=1S/C11H11N3O3S/c1-3-16-10(15)9-13-14-11(17-9)18-8-6-4-5-7(2)12-8/h4-6H,3H2,1-2H3. The summed E-state index contributed by atoms with van der Waals surface area (Å²) in [6.45, 7) is 3.87. The van der Waals surface area contributed by atoms with Gasteiger partial charge in [0.25, 0.3) is 5.22 Å². The summed E-state index contributed by atoms with van der Waals surface area (Å²) in [7, 11) is 0. The van der Waals surface area contributed by atoms with Gasteiger partial charge in [0.2, 0.25) is 0 Å². The Balaban J connectivity index is 2.09. The number of hydrogen-bond donors (Lipinski definition) is 0. The van der Waals surface area contributed by atoms with Gasteiger partial charge in [-0.25, -0.2) is 9.78 Å². The number of ether oxygens (including phenoxy) is 1. The van der Waals surface area contributed by atoms with Gasteiger partial charge in [-0.3, -0.25) is 0 Å². The van der Waals surface area contributed by atoms with Crippen LogP contribution >= 0.6 is 11.8 Å². The van der Waals surface area contributed by atoms with Crippen molar-refractivity contribution in [2.45, 2.75) is 24.1 Å². The van der Waals surface area contributed by atoms with E-state index >= 15 is 0 Å². The number of nitrogens with zero attached hydrogens (tertiary/aromatic N) is 3. The Labute approximate surface area is 108 Å². The van der Waals surface area contributed by atoms with Crippen molar-refractivity contribution in [1.29, 1.82) is 0 Å². The predicted molar refractivity (Wildman–Crippen MR) is 63.4 cm³/mol. The number of pyridine rings is 1. The number of hydrogen-bond acceptors (Lipinski definition) is 7. The molecule has 2 rings (SSSR count). The van der Waals surface area contributed by atoms with Crippen LogP contribution in [0.3, 0.4) is 0 Å². The maximum Gasteiger partial charge on any atom is 0.396 e. The summed E-state index contributed by atoms with van der Waals surface area (Å²) in [6, 6.07) is 5.60. The van der Waals surface area contributed by atoms with Crippen molar-refractivity contribution in [2.75, 3.05) is 6.61 Å². The number of carbonyl (C=O) groups excluding carboxylic acids is 1. The molecule has 0 aliphatic carbocycles. The van der Waals surface area contributed by atoms with E-state index in [1.54, 1.807) is 6.92 Å². The van der Waals surface area contributed by atoms with Crippen molar-refractivity contribution in [3.63, 3.8) is 0 Å². The van der Waals surface area contributed by atoms with Gasteiger partial charge in [0.15, 0.2) is 0 Å². The smallest absolute Gasteiger partial charge is 0.396 e. The minimum Gasteiger partial charge on any atom is -0.459 e. The third kappa shape index (κ3) is 3.07. The van der Waals surface area contributed by atoms with E-state index in [9.17, 15) is 4.79 Å². The summed E-state index contributed by atoms with van der Waals surface area (Å²) in [5.74, 6) is -0.763. The van der Waals surface area contributed by atoms with Gasteiger partial charge < -0.3 is 9.15 Å². The summed E-state index contributed by atoms with van der Waals surface area (Å²) >= 11 is 1.20. The van der Waals surface area contributed by atoms with Gasteiger partial charge in [-0.05, 0) is 37.7 Å². The van der Waals surface area contributed by atoms with E-state index in [2.05, 4.69) is 15.2 Å². The van der Waals surface area contributed by atoms with E-state index in [1.807, 2.05) is 25.1 Å². The van der Waals surface area contributed by atoms with Crippen molar-refractivity contribution in [3.8, 4) is 0 Å². The van der Waals surface area contributed by atoms with Gasteiger partial charge in [-0.15, -0.1) is 5.10 Å². The molecule has 0 aliphatic rings. The second kappa shape index (κ2) is 5.63. The van der Waals surface area contributed by atoms with Gasteiger partial charge in [0.1, 0.15) is 5.03 Å². The maximum atomic E-state index is 11.3. The Morgan fingerprint density at radius 2 is 2.28 bits per heavy atom. The topological polar surface area (TPSA) is 78.1 Å². The van der Waals surface area contributed by atoms with Gasteiger partial charge in [-0.2, -0.15) is 0 Å². The molecule has 0 unspecified atom stereocenters. The van der Waals surface area contributed by atoms with Crippen LogP contribution in [0.4, 0.5) is 0 Å². The first kappa shape index (κ1) is 12.6. The molecular weight excluding hydrogens is 254 g/mol. The van der Waals surface area contributed by atoms with Crippen LogP contribution in [0.5, 0.6) is 0 Å². The normalized spacial score (nSPS) is 10.3. The zero-order valence-corrected chi connectivity index (χ0v) is 10.7. The van der Waals surface area contributed by atoms with Gasteiger partial charge in [0, 0.05) is 5.69 Å². The number of aryl methyl sites for hydroxylation is 1. The fraction of sp³-hybridized carbons (Fsp3) is 0.273. The average Bonchev–Trinajstić information content (AvgIpc) is 2.78. The predicted octanol–water partition coefficient (Wildman–Crippen LogP) is 2.10. The molecule has 2 aromatic rings. The number of esters is 1. The fourth-order valence-corrected chi connectivity index (χ4v) is 1.91. The highest BCUT2D eigenvalue weighted by Crippen LogP contribution is 2.24. The second-order valence-corrected chi connectivity index (χ2v) is 4.28. The molecule has 94 valence electrons. The van der Waals surface area contributed by atoms with Crippen LogP contribution in [0, 0.1) is 6.92 Å². The van der Waals surface area contributed by atoms with Crippen molar-refractivity contribution in [2.24, 2.45) is 0 Å². The SMILES string of the molecule is CCOC(=O)c1nnc(Sc2cccc(C)n2)o1. The zero-order chi connectivity index (χ0) is 13.0. The quantitative estimate of drug-likeness (QED) is 0.783. The Morgan fingerprint density at radius 3 is 3.00 bits per heavy atom. The zero-order valence-electron chi connectivity index (χ0n) is 9.91. The summed E-state index contributed by atoms with van der Waals surface area (Å²) in [5, 5.41) is 8.35. The lowest BCUT2D eigenvalue weighted by atomic mass is 10.4. The first-order chi connectivity index (χ1) is 8.69. The van der Waals surface area contributed by atoms with E-state index in [1.165, 1.54) is 11.8 Å². The lowest BCUT2D eigenvalue weighted by Gasteiger charge is -1.96. The lowest BCUT2D eigenvalue weighted by molar-refractivity contribution is 0.0475. The molecule has 7 heteroatoms. The Bertz CT molecular complexity index is 556. The third-order valence-corrected chi connectivity index (χ3v) is 2.69. The molecule has 0 fully saturated rings. The number of aromatic nitrogens is 3. The molecule has 0 bridgehead atoms. The van der Waals surface area contributed by atoms with E-state index in [0.29, 0.717) is 0 Å². The molecule has 18 heavy (non-hydrogen) atoms. The minimum atomic E-state index is -0.617. The summed E-state index contributed by atoms with van der Waals surface area (Å²) in [6.07, 6.45) is 0. The molecule has 0 N–H and O–H groups in total. The van der Waals surface area contributed by atoms with Crippen molar-refractivity contribution >= 4 is 17.7 Å². The molecule has 6 nitrogen and oxygen atoms in total. The van der Waals surface area contributed by atoms with E-state index in [0.717, 1.165) is 10.7 Å². The van der Waals surface area contributed by atoms with Crippen LogP contribution in [0.15, 0.2) is 32.9 Å². The first-order valence-electron chi connectivity index (χ1n) is 5.31. The first-order valence-corrected chi connectivity index (χ1v) is 6.13. The van der Waals surface area contributed by atoms with E-state index in [4.69, 9.17) is 9.15 Å². The molecule has 0 atom stereocenters. The molecular formula is C11H11N3O3S. The third-order valence-electron chi connectivity index (χ3n) is 1.91. The van der Waals surface area contributed by atoms with Crippen molar-refractivity contribution in [1.82, 2.24) is 15.2 Å². The molecule has 2 heterocycles. The Hall–Kier alpha value is -1.89. The number of carbonyl (C=O) groups is 1. The molecule has 0 aromatic carbocycles. The monoisotopic (exact) mass is 265 g/mol. The second-order valence-electron chi connectivity index (χ2n) is 3.31. The maximum absolute atomic E-state index is 11.3. The minimum absolute atomic E-state index is 0.146. The highest BCUT2D eigenvalue weighted by atomic mass is 32.2. The van der Waals surface area contributed by atoms with E-state index < -0.39 is 5.97 Å². The van der Waals surface area contributed by atoms with Crippen LogP contribution < -0.4 is 0 Å². The summed E-state index contributed by atoms with van der Waals surface area (Å²) < 4.78 is 9.92. The van der Waals surface area contributed by atoms with Crippen LogP contribution in [0.25, 0.3) is 0 Å². The molecule has 0 amide bonds. The molecule has 0 saturated carbocycles. The van der Waals surface area contributed by atoms with Gasteiger partial charge in [0.05, 0.1) is 6.61 Å². The summed E-state index contributed by atoms with van der Waals surface area (Å²) in [4.78, 5) is 15.6. The molecule has 0 aliphatic heterocycles. The van der Waals surface area contributed by atoms with Gasteiger partial charge in [-0.1, -0.05) is 11.2 Å². The molecule has 0 saturated heterocycles. The molecule has 0 radical (unpaired) electrons. The van der Waals surface area contributed by atoms with Crippen LogP contribution in [0.2, 0.25) is 0 Å². The van der Waals surface area contributed by atoms with Gasteiger partial charge >= 0.3 is 11.9 Å². The van der Waals surface area contributed by atoms with Crippen LogP contribution in [-0.2, 0) is 4.74 Å². The average molecular weight is 265 g/mol. The largest absolute Gasteiger partial charge is 0.459 e. The van der Waals surface area contributed by atoms with Crippen LogP contribution in [-0.4, -0.2) is 27.8 Å². The fourth-order valence-electron chi connectivity index (χ4n) is 1.19. The number of rotatable bonds is 4. The Morgan fingerprint density at radius 1 is 1.44 bits per heavy atom. The highest BCUT2D eigenvalue weighted by molar-refractivity contribution is 7.99. The molecule has 0 spiro atoms. The molecule has 2 aromatic heterocycles. The Kier molecular flexibility index (Phi) is 3.93. The van der Waals surface area contributed by atoms with Crippen molar-refractivity contribution < 1.29 is 13.9 Å². The summed E-state index contributed by atoms with van der Waals surface area (Å²) in [5.41, 5.74) is 0.894. The van der Waals surface area contributed by atoms with Crippen molar-refractivity contribution in [3.05, 3.63) is 29.8 Å².